The monoisotopic (exact) mass is 242 g/mol. The van der Waals surface area contributed by atoms with Gasteiger partial charge in [0.25, 0.3) is 5.56 Å². The van der Waals surface area contributed by atoms with Crippen molar-refractivity contribution in [3.05, 3.63) is 69.1 Å². The van der Waals surface area contributed by atoms with Crippen molar-refractivity contribution in [1.82, 2.24) is 4.57 Å². The van der Waals surface area contributed by atoms with Crippen LogP contribution in [0.3, 0.4) is 0 Å². The quantitative estimate of drug-likeness (QED) is 0.894. The molecule has 0 bridgehead atoms. The van der Waals surface area contributed by atoms with Gasteiger partial charge in [0.1, 0.15) is 0 Å². The molecular formula is C15H18N2O. The standard InChI is InChI=1S/C15H18N2O/c1-11-6-12(2)8-13(7-11)10-17-5-3-4-14(9-16)15(17)18/h3-8H,9-10,16H2,1-2H3. The smallest absolute Gasteiger partial charge is 0.255 e. The highest BCUT2D eigenvalue weighted by Gasteiger charge is 2.03. The zero-order valence-electron chi connectivity index (χ0n) is 10.8. The van der Waals surface area contributed by atoms with Crippen molar-refractivity contribution in [2.45, 2.75) is 26.9 Å². The molecule has 3 nitrogen and oxygen atoms in total. The number of nitrogens with two attached hydrogens (primary N) is 1. The van der Waals surface area contributed by atoms with Gasteiger partial charge >= 0.3 is 0 Å². The zero-order chi connectivity index (χ0) is 13.1. The molecule has 2 aromatic rings. The molecule has 0 atom stereocenters. The molecule has 0 aliphatic rings. The minimum absolute atomic E-state index is 0.000779. The first kappa shape index (κ1) is 12.6. The summed E-state index contributed by atoms with van der Waals surface area (Å²) in [5.41, 5.74) is 9.78. The van der Waals surface area contributed by atoms with Crippen molar-refractivity contribution < 1.29 is 0 Å². The molecule has 2 N–H and O–H groups in total. The van der Waals surface area contributed by atoms with Gasteiger partial charge in [-0.15, -0.1) is 0 Å². The van der Waals surface area contributed by atoms with E-state index in [4.69, 9.17) is 5.73 Å². The summed E-state index contributed by atoms with van der Waals surface area (Å²) >= 11 is 0. The van der Waals surface area contributed by atoms with E-state index in [-0.39, 0.29) is 12.1 Å². The lowest BCUT2D eigenvalue weighted by atomic mass is 10.1. The maximum Gasteiger partial charge on any atom is 0.255 e. The fraction of sp³-hybridized carbons (Fsp3) is 0.267. The molecule has 0 aliphatic heterocycles. The van der Waals surface area contributed by atoms with Crippen LogP contribution in [-0.2, 0) is 13.1 Å². The maximum atomic E-state index is 12.1. The Morgan fingerprint density at radius 1 is 1.17 bits per heavy atom. The molecule has 1 aromatic heterocycles. The van der Waals surface area contributed by atoms with Gasteiger partial charge in [0.2, 0.25) is 0 Å². The highest BCUT2D eigenvalue weighted by Crippen LogP contribution is 2.09. The number of hydrogen-bond donors (Lipinski definition) is 1. The summed E-state index contributed by atoms with van der Waals surface area (Å²) < 4.78 is 1.70. The molecule has 0 aliphatic carbocycles. The zero-order valence-corrected chi connectivity index (χ0v) is 10.8. The van der Waals surface area contributed by atoms with Crippen LogP contribution in [0.2, 0.25) is 0 Å². The molecule has 94 valence electrons. The van der Waals surface area contributed by atoms with Gasteiger partial charge in [0, 0.05) is 18.3 Å². The minimum Gasteiger partial charge on any atom is -0.326 e. The SMILES string of the molecule is Cc1cc(C)cc(Cn2cccc(CN)c2=O)c1. The predicted octanol–water partition coefficient (Wildman–Crippen LogP) is 1.97. The van der Waals surface area contributed by atoms with Crippen LogP contribution in [0.4, 0.5) is 0 Å². The third-order valence-electron chi connectivity index (χ3n) is 2.95. The van der Waals surface area contributed by atoms with E-state index in [2.05, 4.69) is 32.0 Å². The molecular weight excluding hydrogens is 224 g/mol. The van der Waals surface area contributed by atoms with Gasteiger partial charge in [-0.1, -0.05) is 35.4 Å². The second-order valence-corrected chi connectivity index (χ2v) is 4.67. The Labute approximate surface area is 107 Å². The molecule has 0 saturated carbocycles. The van der Waals surface area contributed by atoms with E-state index in [9.17, 15) is 4.79 Å². The molecule has 1 heterocycles. The lowest BCUT2D eigenvalue weighted by Crippen LogP contribution is -2.25. The molecule has 0 saturated heterocycles. The first-order chi connectivity index (χ1) is 8.60. The van der Waals surface area contributed by atoms with Crippen LogP contribution in [-0.4, -0.2) is 4.57 Å². The summed E-state index contributed by atoms with van der Waals surface area (Å²) in [6, 6.07) is 9.98. The normalized spacial score (nSPS) is 10.6. The van der Waals surface area contributed by atoms with E-state index in [1.165, 1.54) is 11.1 Å². The molecule has 1 aromatic carbocycles. The fourth-order valence-corrected chi connectivity index (χ4v) is 2.22. The van der Waals surface area contributed by atoms with E-state index < -0.39 is 0 Å². The molecule has 0 radical (unpaired) electrons. The largest absolute Gasteiger partial charge is 0.326 e. The Morgan fingerprint density at radius 3 is 2.44 bits per heavy atom. The van der Waals surface area contributed by atoms with E-state index in [0.29, 0.717) is 12.1 Å². The lowest BCUT2D eigenvalue weighted by Gasteiger charge is -2.09. The van der Waals surface area contributed by atoms with Crippen LogP contribution < -0.4 is 11.3 Å². The first-order valence-corrected chi connectivity index (χ1v) is 6.05. The Morgan fingerprint density at radius 2 is 1.83 bits per heavy atom. The van der Waals surface area contributed by atoms with Gasteiger partial charge in [-0.25, -0.2) is 0 Å². The molecule has 0 amide bonds. The molecule has 3 heteroatoms. The number of nitrogens with zero attached hydrogens (tertiary/aromatic N) is 1. The third kappa shape index (κ3) is 2.68. The lowest BCUT2D eigenvalue weighted by molar-refractivity contribution is 0.743. The number of pyridine rings is 1. The molecule has 0 spiro atoms. The fourth-order valence-electron chi connectivity index (χ4n) is 2.22. The average Bonchev–Trinajstić information content (AvgIpc) is 2.30. The summed E-state index contributed by atoms with van der Waals surface area (Å²) in [7, 11) is 0. The van der Waals surface area contributed by atoms with Crippen LogP contribution in [0, 0.1) is 13.8 Å². The number of aromatic nitrogens is 1. The number of aryl methyl sites for hydroxylation is 2. The van der Waals surface area contributed by atoms with E-state index in [0.717, 1.165) is 5.56 Å². The summed E-state index contributed by atoms with van der Waals surface area (Å²) in [6.07, 6.45) is 1.80. The van der Waals surface area contributed by atoms with E-state index >= 15 is 0 Å². The van der Waals surface area contributed by atoms with Crippen molar-refractivity contribution in [1.29, 1.82) is 0 Å². The minimum atomic E-state index is -0.000779. The highest BCUT2D eigenvalue weighted by molar-refractivity contribution is 5.29. The molecule has 0 unspecified atom stereocenters. The molecule has 2 rings (SSSR count). The predicted molar refractivity (Wildman–Crippen MR) is 73.6 cm³/mol. The second kappa shape index (κ2) is 5.19. The van der Waals surface area contributed by atoms with E-state index in [1.54, 1.807) is 16.8 Å². The molecule has 0 fully saturated rings. The van der Waals surface area contributed by atoms with Crippen LogP contribution in [0.25, 0.3) is 0 Å². The molecule has 18 heavy (non-hydrogen) atoms. The second-order valence-electron chi connectivity index (χ2n) is 4.67. The van der Waals surface area contributed by atoms with Crippen LogP contribution in [0.5, 0.6) is 0 Å². The topological polar surface area (TPSA) is 48.0 Å². The Kier molecular flexibility index (Phi) is 3.63. The summed E-state index contributed by atoms with van der Waals surface area (Å²) in [6.45, 7) is 5.01. The van der Waals surface area contributed by atoms with Gasteiger partial charge in [-0.05, 0) is 25.5 Å². The first-order valence-electron chi connectivity index (χ1n) is 6.05. The van der Waals surface area contributed by atoms with Gasteiger partial charge < -0.3 is 10.3 Å². The number of benzene rings is 1. The van der Waals surface area contributed by atoms with Crippen molar-refractivity contribution in [3.63, 3.8) is 0 Å². The van der Waals surface area contributed by atoms with Crippen LogP contribution in [0.15, 0.2) is 41.3 Å². The van der Waals surface area contributed by atoms with Gasteiger partial charge in [0.15, 0.2) is 0 Å². The van der Waals surface area contributed by atoms with Crippen LogP contribution in [0.1, 0.15) is 22.3 Å². The van der Waals surface area contributed by atoms with Crippen molar-refractivity contribution in [3.8, 4) is 0 Å². The maximum absolute atomic E-state index is 12.1. The van der Waals surface area contributed by atoms with E-state index in [1.807, 2.05) is 6.07 Å². The van der Waals surface area contributed by atoms with Crippen molar-refractivity contribution in [2.75, 3.05) is 0 Å². The number of hydrogen-bond acceptors (Lipinski definition) is 2. The highest BCUT2D eigenvalue weighted by atomic mass is 16.1. The van der Waals surface area contributed by atoms with Gasteiger partial charge in [-0.2, -0.15) is 0 Å². The Balaban J connectivity index is 2.37. The average molecular weight is 242 g/mol. The summed E-state index contributed by atoms with van der Waals surface area (Å²) in [5, 5.41) is 0. The number of rotatable bonds is 3. The van der Waals surface area contributed by atoms with Crippen LogP contribution >= 0.6 is 0 Å². The van der Waals surface area contributed by atoms with Crippen molar-refractivity contribution >= 4 is 0 Å². The van der Waals surface area contributed by atoms with Gasteiger partial charge in [0.05, 0.1) is 6.54 Å². The third-order valence-corrected chi connectivity index (χ3v) is 2.95. The van der Waals surface area contributed by atoms with Gasteiger partial charge in [-0.3, -0.25) is 4.79 Å². The Hall–Kier alpha value is -1.87. The summed E-state index contributed by atoms with van der Waals surface area (Å²) in [5.74, 6) is 0. The summed E-state index contributed by atoms with van der Waals surface area (Å²) in [4.78, 5) is 12.1. The Bertz CT molecular complexity index is 594. The van der Waals surface area contributed by atoms with Crippen molar-refractivity contribution in [2.24, 2.45) is 5.73 Å².